The summed E-state index contributed by atoms with van der Waals surface area (Å²) in [6, 6.07) is 15.4. The van der Waals surface area contributed by atoms with E-state index in [2.05, 4.69) is 43.6 Å². The van der Waals surface area contributed by atoms with Gasteiger partial charge in [-0.2, -0.15) is 0 Å². The number of hydrogen-bond acceptors (Lipinski definition) is 2. The Labute approximate surface area is 173 Å². The van der Waals surface area contributed by atoms with Crippen molar-refractivity contribution in [2.45, 2.75) is 39.5 Å². The molecule has 1 heterocycles. The molecule has 4 heteroatoms. The van der Waals surface area contributed by atoms with Crippen LogP contribution in [0.4, 0.5) is 5.69 Å². The van der Waals surface area contributed by atoms with Crippen LogP contribution in [0.2, 0.25) is 0 Å². The minimum atomic E-state index is -0.254. The summed E-state index contributed by atoms with van der Waals surface area (Å²) in [6.07, 6.45) is 0. The number of anilines is 1. The van der Waals surface area contributed by atoms with Crippen LogP contribution in [0.3, 0.4) is 0 Å². The van der Waals surface area contributed by atoms with E-state index in [0.717, 1.165) is 32.1 Å². The molecule has 142 valence electrons. The largest absolute Gasteiger partial charge is 0.268 e. The first-order valence-corrected chi connectivity index (χ1v) is 10.3. The van der Waals surface area contributed by atoms with Crippen molar-refractivity contribution < 1.29 is 9.59 Å². The number of halogens is 1. The zero-order valence-electron chi connectivity index (χ0n) is 16.4. The van der Waals surface area contributed by atoms with E-state index in [1.54, 1.807) is 0 Å². The molecule has 0 bridgehead atoms. The second-order valence-electron chi connectivity index (χ2n) is 7.86. The number of hydrogen-bond donors (Lipinski definition) is 0. The van der Waals surface area contributed by atoms with Crippen LogP contribution in [0.5, 0.6) is 0 Å². The molecular weight excluding hydrogens is 414 g/mol. The predicted molar refractivity (Wildman–Crippen MR) is 117 cm³/mol. The maximum Gasteiger partial charge on any atom is 0.266 e. The quantitative estimate of drug-likeness (QED) is 0.431. The fraction of sp³-hybridized carbons (Fsp3) is 0.250. The van der Waals surface area contributed by atoms with Crippen molar-refractivity contribution in [2.75, 3.05) is 4.90 Å². The first-order valence-electron chi connectivity index (χ1n) is 9.55. The minimum Gasteiger partial charge on any atom is -0.268 e. The lowest BCUT2D eigenvalue weighted by molar-refractivity contribution is 0.0893. The number of imide groups is 1. The van der Waals surface area contributed by atoms with Gasteiger partial charge in [-0.15, -0.1) is 0 Å². The summed E-state index contributed by atoms with van der Waals surface area (Å²) in [5.41, 5.74) is 3.91. The summed E-state index contributed by atoms with van der Waals surface area (Å²) >= 11 is 3.54. The molecule has 4 rings (SSSR count). The lowest BCUT2D eigenvalue weighted by Crippen LogP contribution is -2.41. The molecular formula is C24H22BrNO2. The molecule has 0 fully saturated rings. The van der Waals surface area contributed by atoms with Gasteiger partial charge in [0.25, 0.3) is 11.8 Å². The highest BCUT2D eigenvalue weighted by atomic mass is 79.9. The lowest BCUT2D eigenvalue weighted by Gasteiger charge is -2.32. The van der Waals surface area contributed by atoms with Crippen LogP contribution in [0.25, 0.3) is 10.8 Å². The van der Waals surface area contributed by atoms with Gasteiger partial charge in [0, 0.05) is 21.0 Å². The van der Waals surface area contributed by atoms with Crippen molar-refractivity contribution in [1.29, 1.82) is 0 Å². The van der Waals surface area contributed by atoms with E-state index >= 15 is 0 Å². The maximum absolute atomic E-state index is 13.6. The van der Waals surface area contributed by atoms with Crippen molar-refractivity contribution >= 4 is 44.2 Å². The summed E-state index contributed by atoms with van der Waals surface area (Å²) in [7, 11) is 0. The van der Waals surface area contributed by atoms with Gasteiger partial charge in [-0.05, 0) is 46.5 Å². The molecule has 3 nitrogen and oxygen atoms in total. The monoisotopic (exact) mass is 435 g/mol. The third-order valence-electron chi connectivity index (χ3n) is 5.42. The van der Waals surface area contributed by atoms with Gasteiger partial charge in [0.05, 0.1) is 5.69 Å². The number of rotatable bonds is 3. The summed E-state index contributed by atoms with van der Waals surface area (Å²) in [4.78, 5) is 28.5. The van der Waals surface area contributed by atoms with Crippen molar-refractivity contribution in [3.8, 4) is 0 Å². The Bertz CT molecular complexity index is 1080. The van der Waals surface area contributed by atoms with E-state index in [1.807, 2.05) is 48.5 Å². The van der Waals surface area contributed by atoms with Gasteiger partial charge in [-0.25, -0.2) is 4.90 Å². The van der Waals surface area contributed by atoms with Gasteiger partial charge in [0.1, 0.15) is 0 Å². The van der Waals surface area contributed by atoms with Crippen LogP contribution >= 0.6 is 15.9 Å². The molecule has 0 unspecified atom stereocenters. The third kappa shape index (κ3) is 2.70. The number of amides is 2. The number of para-hydroxylation sites is 1. The molecule has 0 aromatic heterocycles. The van der Waals surface area contributed by atoms with Crippen LogP contribution in [-0.4, -0.2) is 11.8 Å². The fourth-order valence-corrected chi connectivity index (χ4v) is 4.50. The van der Waals surface area contributed by atoms with Crippen LogP contribution in [0.15, 0.2) is 53.0 Å². The lowest BCUT2D eigenvalue weighted by atomic mass is 9.88. The van der Waals surface area contributed by atoms with Gasteiger partial charge in [-0.1, -0.05) is 74.0 Å². The minimum absolute atomic E-state index is 0.191. The number of benzene rings is 3. The second kappa shape index (κ2) is 6.85. The molecule has 0 radical (unpaired) electrons. The molecule has 1 aliphatic heterocycles. The Kier molecular flexibility index (Phi) is 4.62. The van der Waals surface area contributed by atoms with E-state index in [9.17, 15) is 9.59 Å². The predicted octanol–water partition coefficient (Wildman–Crippen LogP) is 6.65. The molecule has 3 aromatic rings. The molecule has 0 saturated heterocycles. The van der Waals surface area contributed by atoms with E-state index in [4.69, 9.17) is 0 Å². The van der Waals surface area contributed by atoms with Gasteiger partial charge in [0.15, 0.2) is 0 Å². The van der Waals surface area contributed by atoms with Crippen molar-refractivity contribution in [3.05, 3.63) is 75.3 Å². The highest BCUT2D eigenvalue weighted by molar-refractivity contribution is 9.10. The zero-order chi connectivity index (χ0) is 20.2. The maximum atomic E-state index is 13.6. The SMILES string of the molecule is CC(C)c1cccc(C(C)C)c1N1C(=O)c2cccc3c(Br)ccc(c23)C1=O. The summed E-state index contributed by atoms with van der Waals surface area (Å²) in [5.74, 6) is -0.125. The van der Waals surface area contributed by atoms with Crippen LogP contribution in [0.1, 0.15) is 71.4 Å². The smallest absolute Gasteiger partial charge is 0.266 e. The van der Waals surface area contributed by atoms with Gasteiger partial charge in [-0.3, -0.25) is 9.59 Å². The van der Waals surface area contributed by atoms with Crippen molar-refractivity contribution in [2.24, 2.45) is 0 Å². The fourth-order valence-electron chi connectivity index (χ4n) is 4.03. The van der Waals surface area contributed by atoms with E-state index in [-0.39, 0.29) is 23.7 Å². The van der Waals surface area contributed by atoms with Crippen LogP contribution < -0.4 is 4.90 Å². The molecule has 0 aliphatic carbocycles. The Balaban J connectivity index is 2.04. The molecule has 28 heavy (non-hydrogen) atoms. The van der Waals surface area contributed by atoms with Gasteiger partial charge in [0.2, 0.25) is 0 Å². The Morgan fingerprint density at radius 3 is 1.86 bits per heavy atom. The standard InChI is InChI=1S/C24H22BrNO2/c1-13(2)15-7-5-8-16(14(3)4)22(15)26-23(27)18-10-6-9-17-20(25)12-11-19(21(17)18)24(26)28/h5-14H,1-4H3. The first kappa shape index (κ1) is 18.9. The highest BCUT2D eigenvalue weighted by Crippen LogP contribution is 2.41. The number of nitrogens with zero attached hydrogens (tertiary/aromatic N) is 1. The Morgan fingerprint density at radius 2 is 1.29 bits per heavy atom. The average molecular weight is 436 g/mol. The van der Waals surface area contributed by atoms with Crippen LogP contribution in [-0.2, 0) is 0 Å². The van der Waals surface area contributed by atoms with Crippen molar-refractivity contribution in [1.82, 2.24) is 0 Å². The molecule has 1 aliphatic rings. The molecule has 0 spiro atoms. The van der Waals surface area contributed by atoms with Gasteiger partial charge < -0.3 is 0 Å². The van der Waals surface area contributed by atoms with E-state index in [1.165, 1.54) is 4.90 Å². The topological polar surface area (TPSA) is 37.4 Å². The Morgan fingerprint density at radius 1 is 0.750 bits per heavy atom. The van der Waals surface area contributed by atoms with E-state index in [0.29, 0.717) is 11.1 Å². The second-order valence-corrected chi connectivity index (χ2v) is 8.72. The third-order valence-corrected chi connectivity index (χ3v) is 6.11. The average Bonchev–Trinajstić information content (AvgIpc) is 2.67. The number of carbonyl (C=O) groups excluding carboxylic acids is 2. The molecule has 0 atom stereocenters. The Hall–Kier alpha value is -2.46. The van der Waals surface area contributed by atoms with Crippen LogP contribution in [0, 0.1) is 0 Å². The number of carbonyl (C=O) groups is 2. The summed E-state index contributed by atoms with van der Waals surface area (Å²) in [6.45, 7) is 8.36. The van der Waals surface area contributed by atoms with E-state index < -0.39 is 0 Å². The summed E-state index contributed by atoms with van der Waals surface area (Å²) in [5, 5.41) is 1.62. The molecule has 0 saturated carbocycles. The summed E-state index contributed by atoms with van der Waals surface area (Å²) < 4.78 is 0.882. The highest BCUT2D eigenvalue weighted by Gasteiger charge is 2.37. The zero-order valence-corrected chi connectivity index (χ0v) is 18.0. The molecule has 0 N–H and O–H groups in total. The van der Waals surface area contributed by atoms with Gasteiger partial charge >= 0.3 is 0 Å². The molecule has 2 amide bonds. The molecule has 3 aromatic carbocycles. The first-order chi connectivity index (χ1) is 13.3. The van der Waals surface area contributed by atoms with Crippen molar-refractivity contribution in [3.63, 3.8) is 0 Å². The normalized spacial score (nSPS) is 13.9.